The Morgan fingerprint density at radius 1 is 1.10 bits per heavy atom. The zero-order valence-electron chi connectivity index (χ0n) is 11.2. The smallest absolute Gasteiger partial charge is 0.256 e. The first-order valence-electron chi connectivity index (χ1n) is 6.64. The fourth-order valence-corrected chi connectivity index (χ4v) is 2.32. The summed E-state index contributed by atoms with van der Waals surface area (Å²) >= 11 is 0. The standard InChI is InChI=1S/C17H15NO2/c1-2-20-16-10-6-3-7-12(16)11-14-13-8-4-5-9-15(13)18-17(14)19/h3-11H,2H2,1H3,(H,18,19)/b14-11-. The molecular formula is C17H15NO2. The summed E-state index contributed by atoms with van der Waals surface area (Å²) in [6, 6.07) is 15.4. The van der Waals surface area contributed by atoms with Crippen molar-refractivity contribution in [1.82, 2.24) is 0 Å². The fraction of sp³-hybridized carbons (Fsp3) is 0.118. The minimum atomic E-state index is -0.0718. The number of carbonyl (C=O) groups is 1. The maximum absolute atomic E-state index is 12.1. The molecule has 0 bridgehead atoms. The predicted octanol–water partition coefficient (Wildman–Crippen LogP) is 3.58. The van der Waals surface area contributed by atoms with Crippen LogP contribution < -0.4 is 10.1 Å². The van der Waals surface area contributed by atoms with Gasteiger partial charge in [0.1, 0.15) is 5.75 Å². The monoisotopic (exact) mass is 265 g/mol. The molecule has 1 aliphatic rings. The number of rotatable bonds is 3. The second-order valence-electron chi connectivity index (χ2n) is 4.53. The first-order valence-corrected chi connectivity index (χ1v) is 6.64. The zero-order chi connectivity index (χ0) is 13.9. The van der Waals surface area contributed by atoms with Gasteiger partial charge in [-0.05, 0) is 25.1 Å². The van der Waals surface area contributed by atoms with Crippen LogP contribution in [0.15, 0.2) is 48.5 Å². The average molecular weight is 265 g/mol. The van der Waals surface area contributed by atoms with Crippen molar-refractivity contribution < 1.29 is 9.53 Å². The van der Waals surface area contributed by atoms with Gasteiger partial charge in [0, 0.05) is 22.4 Å². The third-order valence-corrected chi connectivity index (χ3v) is 3.23. The van der Waals surface area contributed by atoms with Crippen LogP contribution in [-0.2, 0) is 4.79 Å². The van der Waals surface area contributed by atoms with E-state index in [1.165, 1.54) is 0 Å². The summed E-state index contributed by atoms with van der Waals surface area (Å²) in [5.41, 5.74) is 3.38. The highest BCUT2D eigenvalue weighted by atomic mass is 16.5. The molecule has 0 atom stereocenters. The second kappa shape index (κ2) is 5.21. The van der Waals surface area contributed by atoms with Crippen LogP contribution in [0.2, 0.25) is 0 Å². The highest BCUT2D eigenvalue weighted by Gasteiger charge is 2.23. The molecule has 3 heteroatoms. The van der Waals surface area contributed by atoms with E-state index in [0.717, 1.165) is 22.6 Å². The quantitative estimate of drug-likeness (QED) is 0.861. The molecule has 3 rings (SSSR count). The van der Waals surface area contributed by atoms with Crippen molar-refractivity contribution in [3.8, 4) is 5.75 Å². The number of amides is 1. The van der Waals surface area contributed by atoms with Crippen LogP contribution in [0.3, 0.4) is 0 Å². The van der Waals surface area contributed by atoms with Crippen LogP contribution in [0.25, 0.3) is 11.6 Å². The van der Waals surface area contributed by atoms with Crippen LogP contribution in [0.5, 0.6) is 5.75 Å². The molecule has 1 amide bonds. The molecule has 0 aliphatic carbocycles. The van der Waals surface area contributed by atoms with E-state index in [9.17, 15) is 4.79 Å². The zero-order valence-corrected chi connectivity index (χ0v) is 11.2. The van der Waals surface area contributed by atoms with Gasteiger partial charge in [-0.3, -0.25) is 4.79 Å². The molecule has 0 unspecified atom stereocenters. The summed E-state index contributed by atoms with van der Waals surface area (Å²) in [4.78, 5) is 12.1. The molecule has 2 aromatic rings. The predicted molar refractivity (Wildman–Crippen MR) is 80.6 cm³/mol. The van der Waals surface area contributed by atoms with E-state index in [-0.39, 0.29) is 5.91 Å². The Labute approximate surface area is 117 Å². The normalized spacial score (nSPS) is 15.1. The maximum Gasteiger partial charge on any atom is 0.256 e. The summed E-state index contributed by atoms with van der Waals surface area (Å²) in [7, 11) is 0. The Bertz CT molecular complexity index is 689. The number of carbonyl (C=O) groups excluding carboxylic acids is 1. The van der Waals surface area contributed by atoms with E-state index in [1.54, 1.807) is 0 Å². The van der Waals surface area contributed by atoms with Crippen molar-refractivity contribution in [2.45, 2.75) is 6.92 Å². The number of anilines is 1. The lowest BCUT2D eigenvalue weighted by atomic mass is 10.0. The van der Waals surface area contributed by atoms with E-state index in [4.69, 9.17) is 4.74 Å². The fourth-order valence-electron chi connectivity index (χ4n) is 2.32. The van der Waals surface area contributed by atoms with Gasteiger partial charge in [-0.15, -0.1) is 0 Å². The van der Waals surface area contributed by atoms with Gasteiger partial charge in [0.2, 0.25) is 0 Å². The molecule has 0 spiro atoms. The lowest BCUT2D eigenvalue weighted by molar-refractivity contribution is -0.110. The first-order chi connectivity index (χ1) is 9.79. The highest BCUT2D eigenvalue weighted by molar-refractivity contribution is 6.35. The van der Waals surface area contributed by atoms with Gasteiger partial charge < -0.3 is 10.1 Å². The van der Waals surface area contributed by atoms with Gasteiger partial charge >= 0.3 is 0 Å². The Balaban J connectivity index is 2.07. The molecule has 20 heavy (non-hydrogen) atoms. The third-order valence-electron chi connectivity index (χ3n) is 3.23. The molecule has 0 saturated heterocycles. The molecular weight excluding hydrogens is 250 g/mol. The molecule has 100 valence electrons. The van der Waals surface area contributed by atoms with E-state index < -0.39 is 0 Å². The van der Waals surface area contributed by atoms with E-state index >= 15 is 0 Å². The van der Waals surface area contributed by atoms with Gasteiger partial charge in [0.15, 0.2) is 0 Å². The van der Waals surface area contributed by atoms with E-state index in [0.29, 0.717) is 12.2 Å². The number of benzene rings is 2. The molecule has 1 heterocycles. The van der Waals surface area contributed by atoms with Crippen LogP contribution in [-0.4, -0.2) is 12.5 Å². The van der Waals surface area contributed by atoms with Gasteiger partial charge in [-0.1, -0.05) is 36.4 Å². The Kier molecular flexibility index (Phi) is 3.25. The van der Waals surface area contributed by atoms with Crippen molar-refractivity contribution in [3.63, 3.8) is 0 Å². The van der Waals surface area contributed by atoms with Gasteiger partial charge in [-0.25, -0.2) is 0 Å². The number of hydrogen-bond acceptors (Lipinski definition) is 2. The largest absolute Gasteiger partial charge is 0.493 e. The van der Waals surface area contributed by atoms with Gasteiger partial charge in [0.05, 0.1) is 6.61 Å². The first kappa shape index (κ1) is 12.5. The molecule has 3 nitrogen and oxygen atoms in total. The average Bonchev–Trinajstić information content (AvgIpc) is 2.78. The lowest BCUT2D eigenvalue weighted by Crippen LogP contribution is -2.03. The van der Waals surface area contributed by atoms with Crippen LogP contribution in [0, 0.1) is 0 Å². The molecule has 0 aromatic heterocycles. The van der Waals surface area contributed by atoms with E-state index in [2.05, 4.69) is 5.32 Å². The molecule has 1 aliphatic heterocycles. The summed E-state index contributed by atoms with van der Waals surface area (Å²) in [6.07, 6.45) is 1.88. The third kappa shape index (κ3) is 2.18. The Morgan fingerprint density at radius 2 is 1.85 bits per heavy atom. The topological polar surface area (TPSA) is 38.3 Å². The lowest BCUT2D eigenvalue weighted by Gasteiger charge is -2.07. The van der Waals surface area contributed by atoms with Crippen molar-refractivity contribution in [2.24, 2.45) is 0 Å². The molecule has 0 radical (unpaired) electrons. The van der Waals surface area contributed by atoms with Crippen LogP contribution in [0.1, 0.15) is 18.1 Å². The Hall–Kier alpha value is -2.55. The molecule has 0 fully saturated rings. The van der Waals surface area contributed by atoms with E-state index in [1.807, 2.05) is 61.5 Å². The van der Waals surface area contributed by atoms with Gasteiger partial charge in [0.25, 0.3) is 5.91 Å². The van der Waals surface area contributed by atoms with Crippen molar-refractivity contribution >= 4 is 23.2 Å². The Morgan fingerprint density at radius 3 is 2.70 bits per heavy atom. The number of nitrogens with one attached hydrogen (secondary N) is 1. The summed E-state index contributed by atoms with van der Waals surface area (Å²) in [5, 5.41) is 2.87. The van der Waals surface area contributed by atoms with Crippen LogP contribution in [0.4, 0.5) is 5.69 Å². The van der Waals surface area contributed by atoms with Crippen LogP contribution >= 0.6 is 0 Å². The number of para-hydroxylation sites is 2. The molecule has 0 saturated carbocycles. The minimum Gasteiger partial charge on any atom is -0.493 e. The number of hydrogen-bond donors (Lipinski definition) is 1. The number of ether oxygens (including phenoxy) is 1. The summed E-state index contributed by atoms with van der Waals surface area (Å²) in [5.74, 6) is 0.720. The highest BCUT2D eigenvalue weighted by Crippen LogP contribution is 2.34. The summed E-state index contributed by atoms with van der Waals surface area (Å²) < 4.78 is 5.59. The maximum atomic E-state index is 12.1. The van der Waals surface area contributed by atoms with Gasteiger partial charge in [-0.2, -0.15) is 0 Å². The summed E-state index contributed by atoms with van der Waals surface area (Å²) in [6.45, 7) is 2.55. The second-order valence-corrected chi connectivity index (χ2v) is 4.53. The molecule has 1 N–H and O–H groups in total. The minimum absolute atomic E-state index is 0.0718. The number of fused-ring (bicyclic) bond motifs is 1. The van der Waals surface area contributed by atoms with Crippen molar-refractivity contribution in [3.05, 3.63) is 59.7 Å². The van der Waals surface area contributed by atoms with Crippen molar-refractivity contribution in [2.75, 3.05) is 11.9 Å². The SMILES string of the molecule is CCOc1ccccc1/C=C1\C(=O)Nc2ccccc21. The van der Waals surface area contributed by atoms with Crippen molar-refractivity contribution in [1.29, 1.82) is 0 Å². The molecule has 2 aromatic carbocycles.